The lowest BCUT2D eigenvalue weighted by molar-refractivity contribution is -0.116. The quantitative estimate of drug-likeness (QED) is 0.845. The Morgan fingerprint density at radius 1 is 1.53 bits per heavy atom. The molecule has 2 rings (SSSR count). The number of aliphatic hydroxyl groups is 2. The first-order chi connectivity index (χ1) is 9.04. The van der Waals surface area contributed by atoms with E-state index in [1.165, 1.54) is 6.92 Å². The first-order valence-corrected chi connectivity index (χ1v) is 6.18. The van der Waals surface area contributed by atoms with Gasteiger partial charge in [0, 0.05) is 19.2 Å². The Morgan fingerprint density at radius 2 is 2.26 bits per heavy atom. The second-order valence-corrected chi connectivity index (χ2v) is 4.68. The van der Waals surface area contributed by atoms with E-state index in [4.69, 9.17) is 5.26 Å². The second kappa shape index (κ2) is 5.39. The van der Waals surface area contributed by atoms with Crippen molar-refractivity contribution in [2.45, 2.75) is 32.0 Å². The summed E-state index contributed by atoms with van der Waals surface area (Å²) in [6.07, 6.45) is -1.54. The van der Waals surface area contributed by atoms with E-state index in [1.54, 1.807) is 23.1 Å². The smallest absolute Gasteiger partial charge is 0.223 e. The number of hydrogen-bond acceptors (Lipinski definition) is 4. The minimum absolute atomic E-state index is 0.00318. The minimum Gasteiger partial charge on any atom is -0.389 e. The summed E-state index contributed by atoms with van der Waals surface area (Å²) in [6, 6.07) is 7.09. The van der Waals surface area contributed by atoms with Gasteiger partial charge < -0.3 is 15.1 Å². The van der Waals surface area contributed by atoms with Crippen molar-refractivity contribution in [3.63, 3.8) is 0 Å². The van der Waals surface area contributed by atoms with Crippen LogP contribution >= 0.6 is 0 Å². The van der Waals surface area contributed by atoms with Crippen LogP contribution in [0, 0.1) is 11.3 Å². The molecule has 0 bridgehead atoms. The van der Waals surface area contributed by atoms with E-state index >= 15 is 0 Å². The van der Waals surface area contributed by atoms with Crippen LogP contribution in [0.25, 0.3) is 0 Å². The van der Waals surface area contributed by atoms with E-state index in [0.29, 0.717) is 12.1 Å². The third-order valence-electron chi connectivity index (χ3n) is 3.39. The molecule has 2 atom stereocenters. The average molecular weight is 260 g/mol. The Morgan fingerprint density at radius 3 is 2.89 bits per heavy atom. The molecule has 1 amide bonds. The van der Waals surface area contributed by atoms with Crippen molar-refractivity contribution in [2.75, 3.05) is 11.4 Å². The zero-order valence-electron chi connectivity index (χ0n) is 10.7. The van der Waals surface area contributed by atoms with Crippen LogP contribution in [0.1, 0.15) is 30.6 Å². The van der Waals surface area contributed by atoms with Crippen molar-refractivity contribution in [2.24, 2.45) is 0 Å². The summed E-state index contributed by atoms with van der Waals surface area (Å²) in [5.41, 5.74) is 2.42. The van der Waals surface area contributed by atoms with Crippen molar-refractivity contribution < 1.29 is 15.0 Å². The van der Waals surface area contributed by atoms with Crippen molar-refractivity contribution in [3.8, 4) is 6.07 Å². The highest BCUT2D eigenvalue weighted by Crippen LogP contribution is 2.31. The van der Waals surface area contributed by atoms with E-state index in [9.17, 15) is 15.0 Å². The molecule has 1 aliphatic heterocycles. The highest BCUT2D eigenvalue weighted by molar-refractivity contribution is 5.93. The normalized spacial score (nSPS) is 16.6. The summed E-state index contributed by atoms with van der Waals surface area (Å²) in [5, 5.41) is 28.1. The molecule has 5 heteroatoms. The third-order valence-corrected chi connectivity index (χ3v) is 3.39. The van der Waals surface area contributed by atoms with Gasteiger partial charge in [-0.2, -0.15) is 5.26 Å². The number of rotatable bonds is 3. The summed E-state index contributed by atoms with van der Waals surface area (Å²) < 4.78 is 0. The van der Waals surface area contributed by atoms with E-state index < -0.39 is 12.2 Å². The Balaban J connectivity index is 2.24. The van der Waals surface area contributed by atoms with Crippen LogP contribution in [-0.2, 0) is 11.2 Å². The molecule has 2 N–H and O–H groups in total. The van der Waals surface area contributed by atoms with E-state index in [2.05, 4.69) is 0 Å². The molecule has 0 radical (unpaired) electrons. The lowest BCUT2D eigenvalue weighted by Crippen LogP contribution is -2.25. The lowest BCUT2D eigenvalue weighted by Gasteiger charge is -2.18. The predicted octanol–water partition coefficient (Wildman–Crippen LogP) is 0.904. The van der Waals surface area contributed by atoms with Crippen LogP contribution in [0.3, 0.4) is 0 Å². The fraction of sp³-hybridized carbons (Fsp3) is 0.429. The SMILES string of the molecule is CC(=O)N1CCc2cc(C(O)C(O)CC#N)ccc21. The number of aliphatic hydroxyl groups excluding tert-OH is 2. The molecule has 0 saturated heterocycles. The van der Waals surface area contributed by atoms with E-state index in [-0.39, 0.29) is 12.3 Å². The van der Waals surface area contributed by atoms with Crippen LogP contribution in [0.2, 0.25) is 0 Å². The van der Waals surface area contributed by atoms with Crippen LogP contribution < -0.4 is 4.90 Å². The van der Waals surface area contributed by atoms with Gasteiger partial charge in [-0.25, -0.2) is 0 Å². The Hall–Kier alpha value is -1.90. The van der Waals surface area contributed by atoms with Crippen LogP contribution in [0.15, 0.2) is 18.2 Å². The molecular formula is C14H16N2O3. The highest BCUT2D eigenvalue weighted by Gasteiger charge is 2.25. The molecule has 0 aromatic heterocycles. The van der Waals surface area contributed by atoms with Gasteiger partial charge in [0.2, 0.25) is 5.91 Å². The number of amides is 1. The number of carbonyl (C=O) groups is 1. The first kappa shape index (κ1) is 13.5. The average Bonchev–Trinajstić information content (AvgIpc) is 2.80. The Labute approximate surface area is 111 Å². The van der Waals surface area contributed by atoms with Gasteiger partial charge in [-0.3, -0.25) is 4.79 Å². The van der Waals surface area contributed by atoms with Crippen LogP contribution in [0.5, 0.6) is 0 Å². The van der Waals surface area contributed by atoms with Crippen molar-refractivity contribution in [3.05, 3.63) is 29.3 Å². The number of nitrogens with zero attached hydrogens (tertiary/aromatic N) is 2. The van der Waals surface area contributed by atoms with Crippen molar-refractivity contribution in [1.29, 1.82) is 5.26 Å². The van der Waals surface area contributed by atoms with Crippen molar-refractivity contribution >= 4 is 11.6 Å². The highest BCUT2D eigenvalue weighted by atomic mass is 16.3. The van der Waals surface area contributed by atoms with Gasteiger partial charge in [0.05, 0.1) is 18.6 Å². The van der Waals surface area contributed by atoms with Crippen molar-refractivity contribution in [1.82, 2.24) is 0 Å². The van der Waals surface area contributed by atoms with Gasteiger partial charge in [0.15, 0.2) is 0 Å². The lowest BCUT2D eigenvalue weighted by atomic mass is 9.99. The summed E-state index contributed by atoms with van der Waals surface area (Å²) >= 11 is 0. The summed E-state index contributed by atoms with van der Waals surface area (Å²) in [5.74, 6) is -0.00318. The minimum atomic E-state index is -1.09. The fourth-order valence-corrected chi connectivity index (χ4v) is 2.36. The summed E-state index contributed by atoms with van der Waals surface area (Å²) in [6.45, 7) is 2.17. The molecule has 1 aromatic rings. The Bertz CT molecular complexity index is 536. The van der Waals surface area contributed by atoms with Gasteiger partial charge in [-0.05, 0) is 23.6 Å². The van der Waals surface area contributed by atoms with Gasteiger partial charge >= 0.3 is 0 Å². The molecule has 0 saturated carbocycles. The number of nitriles is 1. The number of hydrogen-bond donors (Lipinski definition) is 2. The second-order valence-electron chi connectivity index (χ2n) is 4.68. The molecule has 2 unspecified atom stereocenters. The molecule has 0 fully saturated rings. The van der Waals surface area contributed by atoms with Gasteiger partial charge in [0.1, 0.15) is 6.10 Å². The fourth-order valence-electron chi connectivity index (χ4n) is 2.36. The Kier molecular flexibility index (Phi) is 3.84. The van der Waals surface area contributed by atoms with Gasteiger partial charge in [-0.1, -0.05) is 12.1 Å². The van der Waals surface area contributed by atoms with Gasteiger partial charge in [0.25, 0.3) is 0 Å². The maximum absolute atomic E-state index is 11.4. The molecule has 1 aliphatic rings. The maximum atomic E-state index is 11.4. The molecule has 19 heavy (non-hydrogen) atoms. The van der Waals surface area contributed by atoms with E-state index in [0.717, 1.165) is 17.7 Å². The third kappa shape index (κ3) is 2.60. The molecule has 1 aromatic carbocycles. The monoisotopic (exact) mass is 260 g/mol. The molecule has 5 nitrogen and oxygen atoms in total. The van der Waals surface area contributed by atoms with E-state index in [1.807, 2.05) is 6.07 Å². The predicted molar refractivity (Wildman–Crippen MR) is 69.4 cm³/mol. The number of benzene rings is 1. The standard InChI is InChI=1S/C14H16N2O3/c1-9(17)16-7-5-10-8-11(2-3-12(10)16)14(19)13(18)4-6-15/h2-3,8,13-14,18-19H,4-5,7H2,1H3. The summed E-state index contributed by atoms with van der Waals surface area (Å²) in [4.78, 5) is 13.1. The zero-order chi connectivity index (χ0) is 14.0. The number of carbonyl (C=O) groups excluding carboxylic acids is 1. The van der Waals surface area contributed by atoms with Crippen LogP contribution in [0.4, 0.5) is 5.69 Å². The largest absolute Gasteiger partial charge is 0.389 e. The number of fused-ring (bicyclic) bond motifs is 1. The first-order valence-electron chi connectivity index (χ1n) is 6.18. The molecule has 1 heterocycles. The zero-order valence-corrected chi connectivity index (χ0v) is 10.7. The van der Waals surface area contributed by atoms with Gasteiger partial charge in [-0.15, -0.1) is 0 Å². The maximum Gasteiger partial charge on any atom is 0.223 e. The topological polar surface area (TPSA) is 84.6 Å². The van der Waals surface area contributed by atoms with Crippen LogP contribution in [-0.4, -0.2) is 28.8 Å². The number of anilines is 1. The summed E-state index contributed by atoms with van der Waals surface area (Å²) in [7, 11) is 0. The molecular weight excluding hydrogens is 244 g/mol. The molecule has 0 spiro atoms. The molecule has 100 valence electrons. The molecule has 0 aliphatic carbocycles.